The van der Waals surface area contributed by atoms with Gasteiger partial charge in [0.25, 0.3) is 0 Å². The number of aliphatic hydroxyl groups is 6. The number of hydrogen-bond acceptors (Lipinski definition) is 6. The predicted molar refractivity (Wildman–Crippen MR) is 193 cm³/mol. The molecule has 0 aromatic heterocycles. The Labute approximate surface area is 285 Å². The summed E-state index contributed by atoms with van der Waals surface area (Å²) < 4.78 is 0. The van der Waals surface area contributed by atoms with Gasteiger partial charge in [-0.05, 0) is 12.8 Å². The molecule has 0 aromatic carbocycles. The van der Waals surface area contributed by atoms with Crippen molar-refractivity contribution in [2.45, 2.75) is 199 Å². The lowest BCUT2D eigenvalue weighted by Crippen LogP contribution is -2.64. The minimum atomic E-state index is -1.40. The molecule has 0 aliphatic heterocycles. The zero-order chi connectivity index (χ0) is 33.7. The van der Waals surface area contributed by atoms with E-state index in [2.05, 4.69) is 0 Å². The van der Waals surface area contributed by atoms with E-state index in [0.717, 1.165) is 38.5 Å². The average Bonchev–Trinajstić information content (AvgIpc) is 3.08. The highest BCUT2D eigenvalue weighted by Crippen LogP contribution is 2.56. The summed E-state index contributed by atoms with van der Waals surface area (Å²) in [5, 5.41) is 64.3. The molecule has 6 nitrogen and oxygen atoms in total. The van der Waals surface area contributed by atoms with Crippen molar-refractivity contribution in [3.8, 4) is 0 Å². The monoisotopic (exact) mass is 657 g/mol. The van der Waals surface area contributed by atoms with Crippen molar-refractivity contribution in [1.29, 1.82) is 0 Å². The molecule has 0 radical (unpaired) electrons. The zero-order valence-corrected chi connectivity index (χ0v) is 30.3. The van der Waals surface area contributed by atoms with E-state index in [1.165, 1.54) is 148 Å². The molecular formula is C40H80O6. The van der Waals surface area contributed by atoms with Gasteiger partial charge < -0.3 is 30.6 Å². The lowest BCUT2D eigenvalue weighted by Gasteiger charge is -2.57. The molecule has 1 aliphatic carbocycles. The first-order valence-corrected chi connectivity index (χ1v) is 20.2. The second-order valence-corrected chi connectivity index (χ2v) is 15.3. The summed E-state index contributed by atoms with van der Waals surface area (Å²) in [7, 11) is 0. The molecular weight excluding hydrogens is 576 g/mol. The molecule has 1 saturated carbocycles. The molecule has 276 valence electrons. The second-order valence-electron chi connectivity index (χ2n) is 15.3. The molecule has 6 N–H and O–H groups in total. The van der Waals surface area contributed by atoms with Crippen LogP contribution in [0.1, 0.15) is 199 Å². The molecule has 0 atom stereocenters. The van der Waals surface area contributed by atoms with E-state index in [-0.39, 0.29) is 0 Å². The minimum absolute atomic E-state index is 0.410. The van der Waals surface area contributed by atoms with Crippen molar-refractivity contribution in [3.63, 3.8) is 0 Å². The maximum absolute atomic E-state index is 10.8. The van der Waals surface area contributed by atoms with Crippen LogP contribution >= 0.6 is 0 Å². The van der Waals surface area contributed by atoms with Crippen LogP contribution in [0.4, 0.5) is 0 Å². The van der Waals surface area contributed by atoms with Crippen molar-refractivity contribution in [1.82, 2.24) is 0 Å². The Balaban J connectivity index is 2.72. The summed E-state index contributed by atoms with van der Waals surface area (Å²) in [6.07, 6.45) is 37.4. The largest absolute Gasteiger partial charge is 0.396 e. The van der Waals surface area contributed by atoms with Crippen LogP contribution < -0.4 is 0 Å². The van der Waals surface area contributed by atoms with Crippen molar-refractivity contribution in [2.75, 3.05) is 39.6 Å². The molecule has 1 aliphatic rings. The molecule has 46 heavy (non-hydrogen) atoms. The predicted octanol–water partition coefficient (Wildman–Crippen LogP) is 9.01. The highest BCUT2D eigenvalue weighted by molar-refractivity contribution is 5.08. The van der Waals surface area contributed by atoms with Crippen LogP contribution in [0, 0.1) is 16.2 Å². The number of aliphatic hydroxyl groups excluding tert-OH is 6. The third-order valence-corrected chi connectivity index (χ3v) is 12.1. The van der Waals surface area contributed by atoms with Crippen LogP contribution in [0.2, 0.25) is 0 Å². The molecule has 1 fully saturated rings. The van der Waals surface area contributed by atoms with Crippen molar-refractivity contribution >= 4 is 0 Å². The Morgan fingerprint density at radius 2 is 0.370 bits per heavy atom. The van der Waals surface area contributed by atoms with Crippen LogP contribution in [0.25, 0.3) is 0 Å². The first-order chi connectivity index (χ1) is 22.6. The van der Waals surface area contributed by atoms with Crippen LogP contribution in [0.3, 0.4) is 0 Å². The lowest BCUT2D eigenvalue weighted by molar-refractivity contribution is -0.214. The van der Waals surface area contributed by atoms with Gasteiger partial charge in [-0.2, -0.15) is 0 Å². The molecule has 0 unspecified atom stereocenters. The maximum Gasteiger partial charge on any atom is 0.0523 e. The Morgan fingerprint density at radius 1 is 0.217 bits per heavy atom. The van der Waals surface area contributed by atoms with E-state index in [1.54, 1.807) is 0 Å². The van der Waals surface area contributed by atoms with Gasteiger partial charge in [0.2, 0.25) is 0 Å². The first kappa shape index (κ1) is 43.8. The number of rotatable bonds is 6. The summed E-state index contributed by atoms with van der Waals surface area (Å²) >= 11 is 0. The molecule has 6 heteroatoms. The first-order valence-electron chi connectivity index (χ1n) is 20.2. The van der Waals surface area contributed by atoms with Gasteiger partial charge in [-0.15, -0.1) is 0 Å². The molecule has 1 rings (SSSR count). The summed E-state index contributed by atoms with van der Waals surface area (Å²) in [5.74, 6) is 0. The lowest BCUT2D eigenvalue weighted by atomic mass is 9.49. The van der Waals surface area contributed by atoms with Gasteiger partial charge in [-0.1, -0.05) is 186 Å². The molecule has 0 saturated heterocycles. The maximum atomic E-state index is 10.8. The highest BCUT2D eigenvalue weighted by Gasteiger charge is 2.61. The third-order valence-electron chi connectivity index (χ3n) is 12.1. The van der Waals surface area contributed by atoms with Gasteiger partial charge in [0.05, 0.1) is 39.6 Å². The standard InChI is InChI=1S/C40H80O6/c41-32-38(33-42)30-28-26-24-22-20-18-16-14-12-10-8-6-4-2-1-3-5-7-9-11-13-15-17-19-21-23-25-27-29-31-39(34-43,35-44)40(38,36-45)37-46/h41-46H,1-37H2. The van der Waals surface area contributed by atoms with E-state index < -0.39 is 55.9 Å². The summed E-state index contributed by atoms with van der Waals surface area (Å²) in [6.45, 7) is -2.66. The smallest absolute Gasteiger partial charge is 0.0523 e. The normalized spacial score (nSPS) is 24.4. The third kappa shape index (κ3) is 15.5. The van der Waals surface area contributed by atoms with Crippen molar-refractivity contribution in [2.24, 2.45) is 16.2 Å². The van der Waals surface area contributed by atoms with Gasteiger partial charge >= 0.3 is 0 Å². The summed E-state index contributed by atoms with van der Waals surface area (Å²) in [4.78, 5) is 0. The van der Waals surface area contributed by atoms with Crippen molar-refractivity contribution in [3.05, 3.63) is 0 Å². The second kappa shape index (κ2) is 28.6. The topological polar surface area (TPSA) is 121 Å². The van der Waals surface area contributed by atoms with Gasteiger partial charge in [0, 0.05) is 16.2 Å². The Kier molecular flexibility index (Phi) is 27.2. The van der Waals surface area contributed by atoms with Gasteiger partial charge in [0.1, 0.15) is 0 Å². The summed E-state index contributed by atoms with van der Waals surface area (Å²) in [5.41, 5.74) is -3.79. The summed E-state index contributed by atoms with van der Waals surface area (Å²) in [6, 6.07) is 0. The Bertz CT molecular complexity index is 594. The molecule has 0 amide bonds. The fraction of sp³-hybridized carbons (Fsp3) is 1.00. The fourth-order valence-corrected chi connectivity index (χ4v) is 8.48. The van der Waals surface area contributed by atoms with Crippen LogP contribution in [-0.4, -0.2) is 70.3 Å². The number of hydrogen-bond donors (Lipinski definition) is 6. The van der Waals surface area contributed by atoms with E-state index in [9.17, 15) is 30.6 Å². The quantitative estimate of drug-likeness (QED) is 0.170. The van der Waals surface area contributed by atoms with Crippen molar-refractivity contribution < 1.29 is 30.6 Å². The van der Waals surface area contributed by atoms with Crippen LogP contribution in [-0.2, 0) is 0 Å². The Morgan fingerprint density at radius 3 is 0.500 bits per heavy atom. The molecule has 0 bridgehead atoms. The molecule has 0 spiro atoms. The van der Waals surface area contributed by atoms with Gasteiger partial charge in [-0.3, -0.25) is 0 Å². The van der Waals surface area contributed by atoms with Gasteiger partial charge in [0.15, 0.2) is 0 Å². The Hall–Kier alpha value is -0.240. The zero-order valence-electron chi connectivity index (χ0n) is 30.3. The van der Waals surface area contributed by atoms with E-state index >= 15 is 0 Å². The molecule has 0 heterocycles. The highest BCUT2D eigenvalue weighted by atomic mass is 16.3. The average molecular weight is 657 g/mol. The van der Waals surface area contributed by atoms with E-state index in [0.29, 0.717) is 12.8 Å². The van der Waals surface area contributed by atoms with Crippen LogP contribution in [0.5, 0.6) is 0 Å². The van der Waals surface area contributed by atoms with Gasteiger partial charge in [-0.25, -0.2) is 0 Å². The van der Waals surface area contributed by atoms with Crippen LogP contribution in [0.15, 0.2) is 0 Å². The van der Waals surface area contributed by atoms with E-state index in [1.807, 2.05) is 0 Å². The molecule has 0 aromatic rings. The minimum Gasteiger partial charge on any atom is -0.396 e. The van der Waals surface area contributed by atoms with E-state index in [4.69, 9.17) is 0 Å². The fourth-order valence-electron chi connectivity index (χ4n) is 8.48. The SMILES string of the molecule is OCC1(CO)CCCCCCCCCCCCCCCCCCCCCCCCCCCCCCCC(CO)(CO)C1(CO)CO.